The number of nitrogens with one attached hydrogen (secondary N) is 4. The van der Waals surface area contributed by atoms with Crippen molar-refractivity contribution in [3.63, 3.8) is 0 Å². The van der Waals surface area contributed by atoms with E-state index in [9.17, 15) is 15.2 Å². The van der Waals surface area contributed by atoms with Gasteiger partial charge < -0.3 is 21.5 Å². The zero-order chi connectivity index (χ0) is 24.2. The summed E-state index contributed by atoms with van der Waals surface area (Å²) in [6.45, 7) is 0.319. The number of hydroxylamine groups is 1. The fourth-order valence-corrected chi connectivity index (χ4v) is 3.95. The van der Waals surface area contributed by atoms with Crippen LogP contribution in [0.5, 0.6) is 0 Å². The van der Waals surface area contributed by atoms with Crippen LogP contribution in [0.25, 0.3) is 0 Å². The quantitative estimate of drug-likeness (QED) is 0.331. The number of anilines is 2. The van der Waals surface area contributed by atoms with Crippen LogP contribution in [0.1, 0.15) is 17.9 Å². The molecule has 3 aromatic carbocycles. The first kappa shape index (κ1) is 24.1. The van der Waals surface area contributed by atoms with Gasteiger partial charge in [-0.15, -0.1) is 0 Å². The molecule has 0 saturated heterocycles. The number of carbonyl (C=O) groups is 1. The van der Waals surface area contributed by atoms with Crippen LogP contribution in [-0.2, 0) is 4.79 Å². The van der Waals surface area contributed by atoms with Crippen LogP contribution in [0.15, 0.2) is 71.8 Å². The van der Waals surface area contributed by atoms with E-state index in [-0.39, 0.29) is 22.6 Å². The number of rotatable bonds is 6. The fourth-order valence-electron chi connectivity index (χ4n) is 3.64. The summed E-state index contributed by atoms with van der Waals surface area (Å²) in [5.41, 5.74) is 8.12. The summed E-state index contributed by atoms with van der Waals surface area (Å²) in [5.74, 6) is -0.792. The zero-order valence-corrected chi connectivity index (χ0v) is 19.4. The largest absolute Gasteiger partial charge is 0.621 e. The maximum absolute atomic E-state index is 12.9. The van der Waals surface area contributed by atoms with Crippen molar-refractivity contribution in [2.45, 2.75) is 12.3 Å². The summed E-state index contributed by atoms with van der Waals surface area (Å²) >= 11 is 12.1. The number of guanidine groups is 1. The minimum absolute atomic E-state index is 0.0527. The van der Waals surface area contributed by atoms with E-state index in [4.69, 9.17) is 28.9 Å². The Morgan fingerprint density at radius 2 is 1.65 bits per heavy atom. The number of carbonyl (C=O) groups excluding carboxylic acids is 1. The van der Waals surface area contributed by atoms with Crippen LogP contribution in [0, 0.1) is 10.4 Å². The van der Waals surface area contributed by atoms with Crippen molar-refractivity contribution in [1.82, 2.24) is 0 Å². The number of quaternary nitrogens is 2. The summed E-state index contributed by atoms with van der Waals surface area (Å²) < 4.78 is 0. The van der Waals surface area contributed by atoms with E-state index in [2.05, 4.69) is 15.7 Å². The van der Waals surface area contributed by atoms with Crippen molar-refractivity contribution in [3.05, 3.63) is 92.8 Å². The number of fused-ring (bicyclic) bond motifs is 1. The van der Waals surface area contributed by atoms with Gasteiger partial charge in [0.05, 0.1) is 16.0 Å². The number of hydrogen-bond donors (Lipinski definition) is 5. The molecule has 0 bridgehead atoms. The van der Waals surface area contributed by atoms with E-state index in [0.29, 0.717) is 40.1 Å². The van der Waals surface area contributed by atoms with Gasteiger partial charge in [-0.05, 0) is 54.9 Å². The number of nitrogens with two attached hydrogens (primary N) is 1. The van der Waals surface area contributed by atoms with Gasteiger partial charge in [0, 0.05) is 28.6 Å². The van der Waals surface area contributed by atoms with E-state index in [1.807, 2.05) is 0 Å². The first-order chi connectivity index (χ1) is 16.4. The summed E-state index contributed by atoms with van der Waals surface area (Å²) in [6, 6.07) is 18.3. The Morgan fingerprint density at radius 3 is 2.32 bits per heavy atom. The van der Waals surface area contributed by atoms with Crippen LogP contribution < -0.4 is 26.6 Å². The second kappa shape index (κ2) is 10.5. The molecule has 0 fully saturated rings. The highest BCUT2D eigenvalue weighted by molar-refractivity contribution is 6.42. The molecule has 0 aliphatic carbocycles. The third kappa shape index (κ3) is 5.21. The van der Waals surface area contributed by atoms with Crippen molar-refractivity contribution in [1.29, 1.82) is 0 Å². The summed E-state index contributed by atoms with van der Waals surface area (Å²) in [4.78, 5) is 12.9. The van der Waals surface area contributed by atoms with E-state index in [1.54, 1.807) is 66.7 Å². The molecule has 1 aliphatic rings. The normalized spacial score (nSPS) is 18.0. The Morgan fingerprint density at radius 1 is 0.971 bits per heavy atom. The Kier molecular flexibility index (Phi) is 7.44. The van der Waals surface area contributed by atoms with Crippen molar-refractivity contribution >= 4 is 57.8 Å². The SMILES string of the molecule is NCCC(C(=O)Nc1ccc(NC2=N[NH+]([O-])c3ccccc3[NH+]2[O-])cc1)c1ccc(Cl)c(Cl)c1. The van der Waals surface area contributed by atoms with E-state index in [1.165, 1.54) is 0 Å². The molecule has 3 atom stereocenters. The Bertz CT molecular complexity index is 1220. The molecule has 1 amide bonds. The molecule has 3 unspecified atom stereocenters. The van der Waals surface area contributed by atoms with Crippen molar-refractivity contribution in [3.8, 4) is 0 Å². The number of nitrogens with zero attached hydrogens (tertiary/aromatic N) is 1. The van der Waals surface area contributed by atoms with Gasteiger partial charge in [0.2, 0.25) is 17.3 Å². The van der Waals surface area contributed by atoms with Crippen LogP contribution in [0.3, 0.4) is 0 Å². The van der Waals surface area contributed by atoms with Crippen LogP contribution in [-0.4, -0.2) is 18.4 Å². The van der Waals surface area contributed by atoms with Gasteiger partial charge >= 0.3 is 5.96 Å². The first-order valence-corrected chi connectivity index (χ1v) is 11.2. The average molecular weight is 501 g/mol. The minimum atomic E-state index is -0.502. The molecule has 0 saturated carbocycles. The lowest BCUT2D eigenvalue weighted by Gasteiger charge is -2.30. The monoisotopic (exact) mass is 500 g/mol. The van der Waals surface area contributed by atoms with Crippen LogP contribution in [0.2, 0.25) is 10.0 Å². The number of benzene rings is 3. The second-order valence-corrected chi connectivity index (χ2v) is 8.45. The minimum Gasteiger partial charge on any atom is -0.621 e. The number of para-hydroxylation sites is 1. The van der Waals surface area contributed by atoms with Gasteiger partial charge in [0.15, 0.2) is 0 Å². The van der Waals surface area contributed by atoms with Gasteiger partial charge in [0.25, 0.3) is 0 Å². The highest BCUT2D eigenvalue weighted by Gasteiger charge is 2.27. The molecule has 3 aromatic rings. The zero-order valence-electron chi connectivity index (χ0n) is 17.8. The maximum Gasteiger partial charge on any atom is 0.358 e. The molecule has 1 heterocycles. The predicted octanol–water partition coefficient (Wildman–Crippen LogP) is 2.49. The Labute approximate surface area is 205 Å². The summed E-state index contributed by atoms with van der Waals surface area (Å²) in [7, 11) is 0. The number of amides is 1. The highest BCUT2D eigenvalue weighted by atomic mass is 35.5. The van der Waals surface area contributed by atoms with E-state index < -0.39 is 11.1 Å². The molecule has 176 valence electrons. The smallest absolute Gasteiger partial charge is 0.358 e. The van der Waals surface area contributed by atoms with Crippen molar-refractivity contribution in [2.24, 2.45) is 10.8 Å². The van der Waals surface area contributed by atoms with Gasteiger partial charge in [-0.3, -0.25) is 15.2 Å². The average Bonchev–Trinajstić information content (AvgIpc) is 2.84. The van der Waals surface area contributed by atoms with E-state index in [0.717, 1.165) is 5.56 Å². The second-order valence-electron chi connectivity index (χ2n) is 7.64. The lowest BCUT2D eigenvalue weighted by atomic mass is 9.94. The predicted molar refractivity (Wildman–Crippen MR) is 133 cm³/mol. The van der Waals surface area contributed by atoms with Crippen molar-refractivity contribution in [2.75, 3.05) is 17.2 Å². The number of hydrogen-bond acceptors (Lipinski definition) is 6. The molecule has 9 nitrogen and oxygen atoms in total. The summed E-state index contributed by atoms with van der Waals surface area (Å²) in [6.07, 6.45) is 0.431. The third-order valence-corrected chi connectivity index (χ3v) is 6.10. The molecule has 6 N–H and O–H groups in total. The highest BCUT2D eigenvalue weighted by Crippen LogP contribution is 2.29. The molecule has 1 aliphatic heterocycles. The molecular formula is C23H22Cl2N6O3. The number of halogens is 2. The maximum atomic E-state index is 12.9. The third-order valence-electron chi connectivity index (χ3n) is 5.36. The standard InChI is InChI=1S/C23H22Cl2N6O3/c24-18-10-5-14(13-19(18)25)17(11-12-26)22(32)27-15-6-8-16(9-7-15)28-23-29-31(34)21-4-2-1-3-20(21)30(23)33/h1-10,13,17,30-31H,11-12,26H2,(H,27,32)(H,28,29). The molecule has 34 heavy (non-hydrogen) atoms. The first-order valence-electron chi connectivity index (χ1n) is 10.5. The molecule has 11 heteroatoms. The van der Waals surface area contributed by atoms with Crippen molar-refractivity contribution < 1.29 is 15.0 Å². The van der Waals surface area contributed by atoms with Crippen LogP contribution in [0.4, 0.5) is 22.7 Å². The van der Waals surface area contributed by atoms with Gasteiger partial charge in [0.1, 0.15) is 0 Å². The molecule has 0 aromatic heterocycles. The van der Waals surface area contributed by atoms with Gasteiger partial charge in [-0.25, -0.2) is 0 Å². The lowest BCUT2D eigenvalue weighted by molar-refractivity contribution is -0.812. The van der Waals surface area contributed by atoms with Crippen LogP contribution >= 0.6 is 23.2 Å². The van der Waals surface area contributed by atoms with E-state index >= 15 is 0 Å². The molecular weight excluding hydrogens is 479 g/mol. The molecule has 4 rings (SSSR count). The fraction of sp³-hybridized carbons (Fsp3) is 0.130. The van der Waals surface area contributed by atoms with Gasteiger partial charge in [-0.2, -0.15) is 5.17 Å². The Hall–Kier alpha value is -3.02. The van der Waals surface area contributed by atoms with Gasteiger partial charge in [-0.1, -0.05) is 41.4 Å². The lowest BCUT2D eigenvalue weighted by Crippen LogP contribution is -3.14. The topological polar surface area (TPSA) is 135 Å². The molecule has 0 radical (unpaired) electrons. The summed E-state index contributed by atoms with van der Waals surface area (Å²) in [5, 5.41) is 34.5. The Balaban J connectivity index is 1.45. The molecule has 0 spiro atoms.